The fourth-order valence-electron chi connectivity index (χ4n) is 0.961. The van der Waals surface area contributed by atoms with Crippen LogP contribution in [0.1, 0.15) is 18.6 Å². The Bertz CT molecular complexity index is 285. The van der Waals surface area contributed by atoms with Crippen LogP contribution < -0.4 is 5.73 Å². The van der Waals surface area contributed by atoms with Gasteiger partial charge in [0.05, 0.1) is 18.6 Å². The summed E-state index contributed by atoms with van der Waals surface area (Å²) in [5.74, 6) is 0.777. The number of nitrogens with two attached hydrogens (primary N) is 1. The molecule has 0 bridgehead atoms. The molecule has 0 aliphatic heterocycles. The molecular formula is C8H15N3O3. The van der Waals surface area contributed by atoms with Crippen LogP contribution >= 0.6 is 0 Å². The monoisotopic (exact) mass is 201 g/mol. The molecule has 0 fully saturated rings. The molecule has 0 saturated carbocycles. The van der Waals surface area contributed by atoms with Crippen LogP contribution in [0.25, 0.3) is 0 Å². The minimum absolute atomic E-state index is 0.0216. The van der Waals surface area contributed by atoms with Crippen molar-refractivity contribution in [2.24, 2.45) is 5.73 Å². The minimum atomic E-state index is -1.02. The fourth-order valence-corrected chi connectivity index (χ4v) is 0.961. The van der Waals surface area contributed by atoms with Crippen LogP contribution in [0.5, 0.6) is 0 Å². The van der Waals surface area contributed by atoms with Crippen LogP contribution in [0.15, 0.2) is 4.52 Å². The Hall–Kier alpha value is -0.980. The van der Waals surface area contributed by atoms with Gasteiger partial charge in [-0.05, 0) is 6.92 Å². The van der Waals surface area contributed by atoms with Crippen LogP contribution in [0.4, 0.5) is 0 Å². The average Bonchev–Trinajstić information content (AvgIpc) is 2.53. The minimum Gasteiger partial charge on any atom is -0.396 e. The summed E-state index contributed by atoms with van der Waals surface area (Å²) < 4.78 is 4.87. The van der Waals surface area contributed by atoms with Crippen molar-refractivity contribution in [2.75, 3.05) is 13.2 Å². The van der Waals surface area contributed by atoms with Crippen molar-refractivity contribution in [1.29, 1.82) is 0 Å². The second-order valence-electron chi connectivity index (χ2n) is 3.46. The smallest absolute Gasteiger partial charge is 0.229 e. The predicted molar refractivity (Wildman–Crippen MR) is 48.5 cm³/mol. The summed E-state index contributed by atoms with van der Waals surface area (Å²) in [6.45, 7) is 1.71. The number of nitrogens with zero attached hydrogens (tertiary/aromatic N) is 2. The van der Waals surface area contributed by atoms with E-state index in [2.05, 4.69) is 10.1 Å². The molecule has 0 radical (unpaired) electrons. The number of aliphatic hydroxyl groups excluding tert-OH is 1. The Morgan fingerprint density at radius 1 is 1.57 bits per heavy atom. The van der Waals surface area contributed by atoms with Crippen molar-refractivity contribution in [2.45, 2.75) is 25.4 Å². The topological polar surface area (TPSA) is 105 Å². The molecule has 0 aliphatic rings. The van der Waals surface area contributed by atoms with E-state index < -0.39 is 5.60 Å². The summed E-state index contributed by atoms with van der Waals surface area (Å²) in [5, 5.41) is 21.9. The second kappa shape index (κ2) is 4.50. The van der Waals surface area contributed by atoms with E-state index in [-0.39, 0.29) is 19.6 Å². The number of hydrogen-bond donors (Lipinski definition) is 3. The molecule has 0 aliphatic carbocycles. The Morgan fingerprint density at radius 3 is 2.86 bits per heavy atom. The van der Waals surface area contributed by atoms with Crippen molar-refractivity contribution in [3.05, 3.63) is 11.7 Å². The third-order valence-electron chi connectivity index (χ3n) is 1.82. The lowest BCUT2D eigenvalue weighted by Gasteiger charge is -2.17. The van der Waals surface area contributed by atoms with Crippen molar-refractivity contribution >= 4 is 0 Å². The van der Waals surface area contributed by atoms with E-state index in [0.717, 1.165) is 0 Å². The summed E-state index contributed by atoms with van der Waals surface area (Å²) in [4.78, 5) is 3.98. The maximum absolute atomic E-state index is 9.61. The molecule has 6 heteroatoms. The molecule has 0 amide bonds. The highest BCUT2D eigenvalue weighted by atomic mass is 16.5. The first-order chi connectivity index (χ1) is 6.57. The quantitative estimate of drug-likeness (QED) is 0.556. The first kappa shape index (κ1) is 11.1. The van der Waals surface area contributed by atoms with E-state index in [4.69, 9.17) is 15.4 Å². The maximum Gasteiger partial charge on any atom is 0.229 e. The Morgan fingerprint density at radius 2 is 2.29 bits per heavy atom. The SMILES string of the molecule is CC(O)(CN)Cc1nc(CCO)no1. The van der Waals surface area contributed by atoms with Gasteiger partial charge in [0.15, 0.2) is 5.82 Å². The van der Waals surface area contributed by atoms with E-state index in [9.17, 15) is 5.11 Å². The van der Waals surface area contributed by atoms with E-state index in [0.29, 0.717) is 18.1 Å². The molecule has 4 N–H and O–H groups in total. The van der Waals surface area contributed by atoms with E-state index >= 15 is 0 Å². The number of rotatable bonds is 5. The number of aromatic nitrogens is 2. The third kappa shape index (κ3) is 3.06. The van der Waals surface area contributed by atoms with Gasteiger partial charge in [-0.15, -0.1) is 0 Å². The van der Waals surface area contributed by atoms with Crippen LogP contribution in [-0.4, -0.2) is 39.1 Å². The molecule has 6 nitrogen and oxygen atoms in total. The Balaban J connectivity index is 2.59. The lowest BCUT2D eigenvalue weighted by molar-refractivity contribution is 0.0610. The molecule has 80 valence electrons. The molecule has 0 spiro atoms. The van der Waals surface area contributed by atoms with Gasteiger partial charge in [0, 0.05) is 13.0 Å². The van der Waals surface area contributed by atoms with Crippen molar-refractivity contribution < 1.29 is 14.7 Å². The molecular weight excluding hydrogens is 186 g/mol. The van der Waals surface area contributed by atoms with Gasteiger partial charge in [-0.1, -0.05) is 5.16 Å². The highest BCUT2D eigenvalue weighted by Gasteiger charge is 2.22. The normalized spacial score (nSPS) is 15.4. The van der Waals surface area contributed by atoms with Crippen LogP contribution in [0.3, 0.4) is 0 Å². The molecule has 1 aromatic rings. The standard InChI is InChI=1S/C8H15N3O3/c1-8(13,5-9)4-7-10-6(2-3-12)11-14-7/h12-13H,2-5,9H2,1H3. The van der Waals surface area contributed by atoms with Crippen LogP contribution in [0.2, 0.25) is 0 Å². The highest BCUT2D eigenvalue weighted by molar-refractivity contribution is 4.92. The zero-order chi connectivity index (χ0) is 10.6. The maximum atomic E-state index is 9.61. The van der Waals surface area contributed by atoms with Gasteiger partial charge in [0.2, 0.25) is 5.89 Å². The summed E-state index contributed by atoms with van der Waals surface area (Å²) >= 11 is 0. The lowest BCUT2D eigenvalue weighted by atomic mass is 10.0. The Kier molecular flexibility index (Phi) is 3.56. The third-order valence-corrected chi connectivity index (χ3v) is 1.82. The zero-order valence-corrected chi connectivity index (χ0v) is 8.10. The molecule has 1 aromatic heterocycles. The number of aliphatic hydroxyl groups is 2. The summed E-state index contributed by atoms with van der Waals surface area (Å²) in [7, 11) is 0. The van der Waals surface area contributed by atoms with Gasteiger partial charge in [-0.2, -0.15) is 4.98 Å². The average molecular weight is 201 g/mol. The first-order valence-electron chi connectivity index (χ1n) is 4.42. The lowest BCUT2D eigenvalue weighted by Crippen LogP contribution is -2.36. The summed E-state index contributed by atoms with van der Waals surface area (Å²) in [6, 6.07) is 0. The largest absolute Gasteiger partial charge is 0.396 e. The van der Waals surface area contributed by atoms with Gasteiger partial charge >= 0.3 is 0 Å². The summed E-state index contributed by atoms with van der Waals surface area (Å²) in [6.07, 6.45) is 0.580. The fraction of sp³-hybridized carbons (Fsp3) is 0.750. The van der Waals surface area contributed by atoms with Gasteiger partial charge in [-0.3, -0.25) is 0 Å². The van der Waals surface area contributed by atoms with E-state index in [1.165, 1.54) is 0 Å². The predicted octanol–water partition coefficient (Wildman–Crippen LogP) is -1.14. The van der Waals surface area contributed by atoms with Gasteiger partial charge in [0.25, 0.3) is 0 Å². The highest BCUT2D eigenvalue weighted by Crippen LogP contribution is 2.10. The molecule has 1 rings (SSSR count). The van der Waals surface area contributed by atoms with Gasteiger partial charge in [0.1, 0.15) is 0 Å². The van der Waals surface area contributed by atoms with Crippen molar-refractivity contribution in [1.82, 2.24) is 10.1 Å². The van der Waals surface area contributed by atoms with Gasteiger partial charge in [-0.25, -0.2) is 0 Å². The van der Waals surface area contributed by atoms with Gasteiger partial charge < -0.3 is 20.5 Å². The molecule has 1 unspecified atom stereocenters. The van der Waals surface area contributed by atoms with Crippen LogP contribution in [-0.2, 0) is 12.8 Å². The molecule has 1 atom stereocenters. The molecule has 14 heavy (non-hydrogen) atoms. The summed E-state index contributed by atoms with van der Waals surface area (Å²) in [5.41, 5.74) is 4.31. The second-order valence-corrected chi connectivity index (χ2v) is 3.46. The van der Waals surface area contributed by atoms with Crippen LogP contribution in [0, 0.1) is 0 Å². The van der Waals surface area contributed by atoms with Crippen molar-refractivity contribution in [3.63, 3.8) is 0 Å². The zero-order valence-electron chi connectivity index (χ0n) is 8.10. The number of hydrogen-bond acceptors (Lipinski definition) is 6. The Labute approximate surface area is 81.7 Å². The van der Waals surface area contributed by atoms with E-state index in [1.54, 1.807) is 6.92 Å². The molecule has 0 aromatic carbocycles. The molecule has 1 heterocycles. The first-order valence-corrected chi connectivity index (χ1v) is 4.42. The van der Waals surface area contributed by atoms with Crippen molar-refractivity contribution in [3.8, 4) is 0 Å². The molecule has 0 saturated heterocycles. The van der Waals surface area contributed by atoms with E-state index in [1.807, 2.05) is 0 Å².